The number of aryl methyl sites for hydroxylation is 1. The van der Waals surface area contributed by atoms with Gasteiger partial charge in [0, 0.05) is 13.6 Å². The Morgan fingerprint density at radius 3 is 2.86 bits per heavy atom. The van der Waals surface area contributed by atoms with Crippen molar-refractivity contribution in [3.63, 3.8) is 0 Å². The first-order valence-electron chi connectivity index (χ1n) is 7.01. The number of nitrogens with zero attached hydrogens (tertiary/aromatic N) is 4. The second kappa shape index (κ2) is 5.99. The average Bonchev–Trinajstić information content (AvgIpc) is 3.03. The molecule has 0 aliphatic rings. The van der Waals surface area contributed by atoms with Gasteiger partial charge in [-0.05, 0) is 34.6 Å². The van der Waals surface area contributed by atoms with Crippen LogP contribution in [0, 0.1) is 0 Å². The van der Waals surface area contributed by atoms with Crippen molar-refractivity contribution in [1.82, 2.24) is 24.6 Å². The first-order chi connectivity index (χ1) is 10.2. The van der Waals surface area contributed by atoms with Gasteiger partial charge in [0.05, 0.1) is 39.8 Å². The number of nitrogens with one attached hydrogen (secondary N) is 1. The molecule has 1 unspecified atom stereocenters. The van der Waals surface area contributed by atoms with E-state index in [2.05, 4.69) is 48.9 Å². The van der Waals surface area contributed by atoms with Gasteiger partial charge in [0.15, 0.2) is 0 Å². The van der Waals surface area contributed by atoms with Gasteiger partial charge in [-0.3, -0.25) is 4.68 Å². The van der Waals surface area contributed by atoms with E-state index in [1.165, 1.54) is 0 Å². The molecule has 0 spiro atoms. The predicted molar refractivity (Wildman–Crippen MR) is 87.1 cm³/mol. The van der Waals surface area contributed by atoms with E-state index in [4.69, 9.17) is 0 Å². The molecule has 1 atom stereocenters. The van der Waals surface area contributed by atoms with Crippen LogP contribution in [0.2, 0.25) is 0 Å². The molecule has 0 amide bonds. The lowest BCUT2D eigenvalue weighted by molar-refractivity contribution is 0.451. The number of hydrogen-bond acceptors (Lipinski definition) is 3. The van der Waals surface area contributed by atoms with Crippen LogP contribution in [-0.4, -0.2) is 25.9 Å². The normalized spacial score (nSPS) is 12.9. The maximum Gasteiger partial charge on any atom is 0.0958 e. The maximum atomic E-state index is 4.46. The summed E-state index contributed by atoms with van der Waals surface area (Å²) >= 11 is 3.59. The van der Waals surface area contributed by atoms with Crippen LogP contribution in [-0.2, 0) is 13.6 Å². The third kappa shape index (κ3) is 2.73. The van der Waals surface area contributed by atoms with Crippen LogP contribution in [0.25, 0.3) is 11.0 Å². The van der Waals surface area contributed by atoms with Crippen LogP contribution in [0.1, 0.15) is 18.7 Å². The van der Waals surface area contributed by atoms with Crippen molar-refractivity contribution in [1.29, 1.82) is 0 Å². The first-order valence-corrected chi connectivity index (χ1v) is 7.80. The Hall–Kier alpha value is -1.66. The number of likely N-dealkylation sites (N-methyl/N-ethyl adjacent to an activating group) is 1. The van der Waals surface area contributed by atoms with Crippen LogP contribution in [0.4, 0.5) is 0 Å². The fraction of sp³-hybridized carbons (Fsp3) is 0.333. The van der Waals surface area contributed by atoms with Gasteiger partial charge in [0.2, 0.25) is 0 Å². The number of imidazole rings is 1. The van der Waals surface area contributed by atoms with Crippen molar-refractivity contribution in [2.45, 2.75) is 19.5 Å². The smallest absolute Gasteiger partial charge is 0.0958 e. The highest BCUT2D eigenvalue weighted by Crippen LogP contribution is 2.25. The third-order valence-electron chi connectivity index (χ3n) is 3.62. The Labute approximate surface area is 132 Å². The van der Waals surface area contributed by atoms with E-state index >= 15 is 0 Å². The zero-order valence-corrected chi connectivity index (χ0v) is 13.7. The molecule has 3 aromatic rings. The number of hydrogen-bond donors (Lipinski definition) is 1. The first kappa shape index (κ1) is 14.3. The molecular weight excluding hydrogens is 330 g/mol. The Bertz CT molecular complexity index is 726. The summed E-state index contributed by atoms with van der Waals surface area (Å²) in [5.41, 5.74) is 3.32. The molecular formula is C15H18BrN5. The molecule has 1 aromatic carbocycles. The summed E-state index contributed by atoms with van der Waals surface area (Å²) in [5, 5.41) is 7.85. The van der Waals surface area contributed by atoms with Crippen LogP contribution in [0.3, 0.4) is 0 Å². The molecule has 3 rings (SSSR count). The number of benzene rings is 1. The highest BCUT2D eigenvalue weighted by molar-refractivity contribution is 9.10. The van der Waals surface area contributed by atoms with E-state index in [1.807, 2.05) is 42.5 Å². The van der Waals surface area contributed by atoms with Gasteiger partial charge in [-0.15, -0.1) is 0 Å². The molecule has 2 heterocycles. The highest BCUT2D eigenvalue weighted by atomic mass is 79.9. The largest absolute Gasteiger partial charge is 0.329 e. The van der Waals surface area contributed by atoms with Gasteiger partial charge in [0.1, 0.15) is 0 Å². The quantitative estimate of drug-likeness (QED) is 0.771. The van der Waals surface area contributed by atoms with Gasteiger partial charge in [-0.1, -0.05) is 19.1 Å². The minimum absolute atomic E-state index is 0.175. The van der Waals surface area contributed by atoms with Crippen molar-refractivity contribution in [2.24, 2.45) is 7.05 Å². The molecule has 21 heavy (non-hydrogen) atoms. The lowest BCUT2D eigenvalue weighted by atomic mass is 10.2. The minimum atomic E-state index is 0.175. The topological polar surface area (TPSA) is 47.7 Å². The predicted octanol–water partition coefficient (Wildman–Crippen LogP) is 2.88. The summed E-state index contributed by atoms with van der Waals surface area (Å²) in [7, 11) is 1.97. The van der Waals surface area contributed by atoms with Crippen molar-refractivity contribution >= 4 is 27.0 Å². The number of halogens is 1. The number of aromatic nitrogens is 4. The van der Waals surface area contributed by atoms with E-state index in [9.17, 15) is 0 Å². The Morgan fingerprint density at radius 1 is 1.33 bits per heavy atom. The van der Waals surface area contributed by atoms with Crippen LogP contribution in [0.5, 0.6) is 0 Å². The summed E-state index contributed by atoms with van der Waals surface area (Å²) in [5.74, 6) is 0. The zero-order valence-electron chi connectivity index (χ0n) is 12.1. The fourth-order valence-electron chi connectivity index (χ4n) is 2.66. The Morgan fingerprint density at radius 2 is 2.14 bits per heavy atom. The van der Waals surface area contributed by atoms with Crippen LogP contribution < -0.4 is 5.32 Å². The molecule has 6 heteroatoms. The highest BCUT2D eigenvalue weighted by Gasteiger charge is 2.19. The van der Waals surface area contributed by atoms with Gasteiger partial charge >= 0.3 is 0 Å². The number of rotatable bonds is 5. The lowest BCUT2D eigenvalue weighted by Gasteiger charge is -2.20. The van der Waals surface area contributed by atoms with Crippen molar-refractivity contribution in [2.75, 3.05) is 6.54 Å². The Kier molecular flexibility index (Phi) is 4.07. The summed E-state index contributed by atoms with van der Waals surface area (Å²) < 4.78 is 5.12. The maximum absolute atomic E-state index is 4.46. The van der Waals surface area contributed by atoms with Crippen LogP contribution >= 0.6 is 15.9 Å². The van der Waals surface area contributed by atoms with E-state index < -0.39 is 0 Å². The average molecular weight is 348 g/mol. The van der Waals surface area contributed by atoms with Crippen molar-refractivity contribution in [3.05, 3.63) is 47.0 Å². The molecule has 0 aliphatic carbocycles. The van der Waals surface area contributed by atoms with Crippen molar-refractivity contribution < 1.29 is 0 Å². The van der Waals surface area contributed by atoms with Crippen LogP contribution in [0.15, 0.2) is 41.3 Å². The SMILES string of the molecule is CCNC(Cn1cnc2ccccc21)c1c(Br)cnn1C. The van der Waals surface area contributed by atoms with Gasteiger partial charge in [-0.2, -0.15) is 5.10 Å². The molecule has 1 N–H and O–H groups in total. The zero-order chi connectivity index (χ0) is 14.8. The molecule has 2 aromatic heterocycles. The second-order valence-corrected chi connectivity index (χ2v) is 5.85. The molecule has 0 aliphatic heterocycles. The molecule has 0 bridgehead atoms. The molecule has 0 fully saturated rings. The second-order valence-electron chi connectivity index (χ2n) is 5.00. The lowest BCUT2D eigenvalue weighted by Crippen LogP contribution is -2.27. The monoisotopic (exact) mass is 347 g/mol. The standard InChI is InChI=1S/C15H18BrN5/c1-3-17-13(15-11(16)8-19-20(15)2)9-21-10-18-12-6-4-5-7-14(12)21/h4-8,10,13,17H,3,9H2,1-2H3. The van der Waals surface area contributed by atoms with Crippen molar-refractivity contribution in [3.8, 4) is 0 Å². The summed E-state index contributed by atoms with van der Waals surface area (Å²) in [6.45, 7) is 3.82. The van der Waals surface area contributed by atoms with Gasteiger partial charge in [-0.25, -0.2) is 4.98 Å². The molecule has 0 saturated heterocycles. The summed E-state index contributed by atoms with van der Waals surface area (Å²) in [6, 6.07) is 8.37. The van der Waals surface area contributed by atoms with Gasteiger partial charge in [0.25, 0.3) is 0 Å². The molecule has 110 valence electrons. The van der Waals surface area contributed by atoms with E-state index in [0.717, 1.165) is 34.3 Å². The number of para-hydroxylation sites is 2. The molecule has 0 radical (unpaired) electrons. The summed E-state index contributed by atoms with van der Waals surface area (Å²) in [6.07, 6.45) is 3.74. The Balaban J connectivity index is 1.96. The minimum Gasteiger partial charge on any atom is -0.329 e. The molecule has 5 nitrogen and oxygen atoms in total. The van der Waals surface area contributed by atoms with Gasteiger partial charge < -0.3 is 9.88 Å². The van der Waals surface area contributed by atoms with E-state index in [1.54, 1.807) is 0 Å². The fourth-order valence-corrected chi connectivity index (χ4v) is 3.28. The molecule has 0 saturated carbocycles. The van der Waals surface area contributed by atoms with E-state index in [-0.39, 0.29) is 6.04 Å². The summed E-state index contributed by atoms with van der Waals surface area (Å²) in [4.78, 5) is 4.46. The number of fused-ring (bicyclic) bond motifs is 1. The van der Waals surface area contributed by atoms with E-state index in [0.29, 0.717) is 0 Å². The third-order valence-corrected chi connectivity index (χ3v) is 4.24.